The summed E-state index contributed by atoms with van der Waals surface area (Å²) < 4.78 is 0. The molecule has 0 heterocycles. The molecule has 2 saturated carbocycles. The average Bonchev–Trinajstić information content (AvgIpc) is 2.49. The normalized spacial score (nSPS) is 36.8. The van der Waals surface area contributed by atoms with Crippen molar-refractivity contribution in [3.05, 3.63) is 0 Å². The molecule has 2 aliphatic carbocycles. The maximum atomic E-state index is 5.93. The molecular formula is C18H36N2. The maximum Gasteiger partial charge on any atom is 0.0267 e. The highest BCUT2D eigenvalue weighted by Crippen LogP contribution is 2.39. The maximum absolute atomic E-state index is 5.93. The van der Waals surface area contributed by atoms with E-state index < -0.39 is 0 Å². The third kappa shape index (κ3) is 4.46. The van der Waals surface area contributed by atoms with E-state index in [0.717, 1.165) is 23.7 Å². The van der Waals surface area contributed by atoms with Crippen molar-refractivity contribution in [2.24, 2.45) is 29.5 Å². The van der Waals surface area contributed by atoms with Gasteiger partial charge in [-0.2, -0.15) is 0 Å². The first-order valence-corrected chi connectivity index (χ1v) is 9.20. The van der Waals surface area contributed by atoms with Gasteiger partial charge in [-0.15, -0.1) is 0 Å². The molecule has 1 unspecified atom stereocenters. The zero-order chi connectivity index (χ0) is 14.4. The minimum atomic E-state index is 0.592. The van der Waals surface area contributed by atoms with Gasteiger partial charge >= 0.3 is 0 Å². The molecule has 2 heteroatoms. The van der Waals surface area contributed by atoms with Crippen LogP contribution in [0, 0.1) is 23.7 Å². The summed E-state index contributed by atoms with van der Waals surface area (Å²) in [6.45, 7) is 4.71. The monoisotopic (exact) mass is 280 g/mol. The Balaban J connectivity index is 1.78. The second-order valence-electron chi connectivity index (χ2n) is 7.64. The van der Waals surface area contributed by atoms with Gasteiger partial charge in [-0.1, -0.05) is 58.8 Å². The summed E-state index contributed by atoms with van der Waals surface area (Å²) in [7, 11) is 0. The third-order valence-corrected chi connectivity index (χ3v) is 6.13. The molecule has 2 fully saturated rings. The van der Waals surface area contributed by atoms with Gasteiger partial charge in [0.05, 0.1) is 0 Å². The molecule has 0 saturated heterocycles. The first kappa shape index (κ1) is 16.3. The van der Waals surface area contributed by atoms with Gasteiger partial charge in [-0.05, 0) is 49.4 Å². The molecule has 2 nitrogen and oxygen atoms in total. The molecule has 0 aromatic carbocycles. The van der Waals surface area contributed by atoms with Crippen molar-refractivity contribution in [3.8, 4) is 0 Å². The highest BCUT2D eigenvalue weighted by molar-refractivity contribution is 4.87. The fraction of sp³-hybridized carbons (Fsp3) is 1.00. The first-order chi connectivity index (χ1) is 9.74. The number of nitrogens with one attached hydrogen (secondary N) is 1. The average molecular weight is 280 g/mol. The molecule has 20 heavy (non-hydrogen) atoms. The Morgan fingerprint density at radius 3 is 2.00 bits per heavy atom. The zero-order valence-corrected chi connectivity index (χ0v) is 13.7. The lowest BCUT2D eigenvalue weighted by Gasteiger charge is -2.40. The Labute approximate surface area is 126 Å². The van der Waals surface area contributed by atoms with Crippen LogP contribution in [0.15, 0.2) is 0 Å². The second-order valence-corrected chi connectivity index (χ2v) is 7.64. The summed E-state index contributed by atoms with van der Waals surface area (Å²) >= 11 is 0. The van der Waals surface area contributed by atoms with E-state index in [2.05, 4.69) is 19.3 Å². The zero-order valence-electron chi connectivity index (χ0n) is 13.7. The molecule has 0 radical (unpaired) electrons. The molecule has 0 aromatic heterocycles. The lowest BCUT2D eigenvalue weighted by atomic mass is 9.70. The van der Waals surface area contributed by atoms with Gasteiger partial charge < -0.3 is 0 Å². The molecule has 1 atom stereocenters. The van der Waals surface area contributed by atoms with Crippen LogP contribution < -0.4 is 11.3 Å². The van der Waals surface area contributed by atoms with Gasteiger partial charge in [0.2, 0.25) is 0 Å². The topological polar surface area (TPSA) is 38.0 Å². The van der Waals surface area contributed by atoms with Crippen LogP contribution in [0.5, 0.6) is 0 Å². The van der Waals surface area contributed by atoms with E-state index in [4.69, 9.17) is 5.84 Å². The molecule has 118 valence electrons. The van der Waals surface area contributed by atoms with Gasteiger partial charge in [-0.3, -0.25) is 11.3 Å². The highest BCUT2D eigenvalue weighted by atomic mass is 15.2. The molecule has 0 bridgehead atoms. The molecule has 0 spiro atoms. The van der Waals surface area contributed by atoms with Crippen LogP contribution in [-0.4, -0.2) is 6.04 Å². The van der Waals surface area contributed by atoms with Gasteiger partial charge in [0.25, 0.3) is 0 Å². The van der Waals surface area contributed by atoms with E-state index in [0.29, 0.717) is 6.04 Å². The van der Waals surface area contributed by atoms with E-state index in [-0.39, 0.29) is 0 Å². The molecule has 0 aliphatic heterocycles. The number of rotatable bonds is 6. The molecular weight excluding hydrogens is 244 g/mol. The molecule has 2 rings (SSSR count). The Morgan fingerprint density at radius 1 is 0.950 bits per heavy atom. The lowest BCUT2D eigenvalue weighted by Crippen LogP contribution is -2.48. The van der Waals surface area contributed by atoms with Crippen LogP contribution >= 0.6 is 0 Å². The summed E-state index contributed by atoms with van der Waals surface area (Å²) in [5.41, 5.74) is 3.21. The third-order valence-electron chi connectivity index (χ3n) is 6.13. The van der Waals surface area contributed by atoms with E-state index >= 15 is 0 Å². The summed E-state index contributed by atoms with van der Waals surface area (Å²) in [5.74, 6) is 9.57. The van der Waals surface area contributed by atoms with Crippen LogP contribution in [-0.2, 0) is 0 Å². The van der Waals surface area contributed by atoms with Crippen LogP contribution in [0.4, 0.5) is 0 Å². The van der Waals surface area contributed by atoms with Gasteiger partial charge in [0.15, 0.2) is 0 Å². The standard InChI is InChI=1S/C18H36N2/c1-3-4-5-15-8-12-17(13-9-15)18(20-19)16-10-6-14(2)7-11-16/h14-18,20H,3-13,19H2,1-2H3. The van der Waals surface area contributed by atoms with Crippen LogP contribution in [0.2, 0.25) is 0 Å². The van der Waals surface area contributed by atoms with Crippen molar-refractivity contribution >= 4 is 0 Å². The van der Waals surface area contributed by atoms with Crippen molar-refractivity contribution in [2.45, 2.75) is 90.5 Å². The van der Waals surface area contributed by atoms with Crippen LogP contribution in [0.3, 0.4) is 0 Å². The fourth-order valence-corrected chi connectivity index (χ4v) is 4.63. The number of hydrogen-bond donors (Lipinski definition) is 2. The largest absolute Gasteiger partial charge is 0.271 e. The minimum Gasteiger partial charge on any atom is -0.271 e. The predicted octanol–water partition coefficient (Wildman–Crippen LogP) is 4.64. The van der Waals surface area contributed by atoms with Crippen molar-refractivity contribution in [1.82, 2.24) is 5.43 Å². The van der Waals surface area contributed by atoms with Gasteiger partial charge in [-0.25, -0.2) is 0 Å². The Hall–Kier alpha value is -0.0800. The highest BCUT2D eigenvalue weighted by Gasteiger charge is 2.33. The fourth-order valence-electron chi connectivity index (χ4n) is 4.63. The summed E-state index contributed by atoms with van der Waals surface area (Å²) in [4.78, 5) is 0. The van der Waals surface area contributed by atoms with Crippen LogP contribution in [0.25, 0.3) is 0 Å². The molecule has 3 N–H and O–H groups in total. The van der Waals surface area contributed by atoms with Gasteiger partial charge in [0.1, 0.15) is 0 Å². The van der Waals surface area contributed by atoms with Crippen molar-refractivity contribution in [3.63, 3.8) is 0 Å². The Bertz CT molecular complexity index is 250. The quantitative estimate of drug-likeness (QED) is 0.549. The van der Waals surface area contributed by atoms with E-state index in [9.17, 15) is 0 Å². The smallest absolute Gasteiger partial charge is 0.0267 e. The van der Waals surface area contributed by atoms with Crippen molar-refractivity contribution in [2.75, 3.05) is 0 Å². The predicted molar refractivity (Wildman–Crippen MR) is 87.2 cm³/mol. The number of hydrazine groups is 1. The first-order valence-electron chi connectivity index (χ1n) is 9.20. The van der Waals surface area contributed by atoms with Crippen LogP contribution in [0.1, 0.15) is 84.5 Å². The molecule has 0 amide bonds. The summed E-state index contributed by atoms with van der Waals surface area (Å²) in [6.07, 6.45) is 15.6. The summed E-state index contributed by atoms with van der Waals surface area (Å²) in [5, 5.41) is 0. The van der Waals surface area contributed by atoms with Crippen molar-refractivity contribution in [1.29, 1.82) is 0 Å². The number of unbranched alkanes of at least 4 members (excludes halogenated alkanes) is 1. The van der Waals surface area contributed by atoms with E-state index in [1.54, 1.807) is 0 Å². The number of nitrogens with two attached hydrogens (primary N) is 1. The van der Waals surface area contributed by atoms with E-state index in [1.807, 2.05) is 0 Å². The Morgan fingerprint density at radius 2 is 1.50 bits per heavy atom. The molecule has 0 aromatic rings. The number of hydrogen-bond acceptors (Lipinski definition) is 2. The van der Waals surface area contributed by atoms with Gasteiger partial charge in [0, 0.05) is 6.04 Å². The lowest BCUT2D eigenvalue weighted by molar-refractivity contribution is 0.138. The SMILES string of the molecule is CCCCC1CCC(C(NN)C2CCC(C)CC2)CC1. The molecule has 2 aliphatic rings. The van der Waals surface area contributed by atoms with E-state index in [1.165, 1.54) is 70.6 Å². The second kappa shape index (κ2) is 8.38. The summed E-state index contributed by atoms with van der Waals surface area (Å²) in [6, 6.07) is 0.592. The van der Waals surface area contributed by atoms with Crippen molar-refractivity contribution < 1.29 is 0 Å². The Kier molecular flexibility index (Phi) is 6.83. The minimum absolute atomic E-state index is 0.592.